The molecule has 0 bridgehead atoms. The van der Waals surface area contributed by atoms with Crippen LogP contribution in [0.1, 0.15) is 23.7 Å². The van der Waals surface area contributed by atoms with Crippen LogP contribution in [0.3, 0.4) is 0 Å². The summed E-state index contributed by atoms with van der Waals surface area (Å²) < 4.78 is 0. The molecule has 1 fully saturated rings. The van der Waals surface area contributed by atoms with Crippen LogP contribution in [-0.2, 0) is 0 Å². The molecular formula is C19H19Cl2N7O. The van der Waals surface area contributed by atoms with Gasteiger partial charge in [-0.05, 0) is 37.1 Å². The highest BCUT2D eigenvalue weighted by Crippen LogP contribution is 2.26. The average Bonchev–Trinajstić information content (AvgIpc) is 3.20. The third-order valence-corrected chi connectivity index (χ3v) is 5.43. The second-order valence-corrected chi connectivity index (χ2v) is 7.51. The van der Waals surface area contributed by atoms with Crippen LogP contribution in [-0.4, -0.2) is 61.4 Å². The van der Waals surface area contributed by atoms with Crippen LogP contribution in [0, 0.1) is 0 Å². The van der Waals surface area contributed by atoms with Crippen molar-refractivity contribution in [3.05, 3.63) is 58.7 Å². The molecule has 3 aromatic rings. The molecule has 1 saturated heterocycles. The molecule has 0 N–H and O–H groups in total. The van der Waals surface area contributed by atoms with Gasteiger partial charge in [0.15, 0.2) is 5.82 Å². The van der Waals surface area contributed by atoms with E-state index in [2.05, 4.69) is 20.2 Å². The fourth-order valence-electron chi connectivity index (χ4n) is 3.46. The van der Waals surface area contributed by atoms with Crippen LogP contribution in [0.5, 0.6) is 0 Å². The Balaban J connectivity index is 1.59. The number of hydrogen-bond donors (Lipinski definition) is 0. The summed E-state index contributed by atoms with van der Waals surface area (Å²) in [6.45, 7) is 3.87. The first-order valence-electron chi connectivity index (χ1n) is 9.24. The van der Waals surface area contributed by atoms with Gasteiger partial charge in [-0.3, -0.25) is 4.79 Å². The summed E-state index contributed by atoms with van der Waals surface area (Å²) in [6.07, 6.45) is 5.44. The predicted octanol–water partition coefficient (Wildman–Crippen LogP) is 3.11. The number of nitrogens with zero attached hydrogens (tertiary/aromatic N) is 7. The van der Waals surface area contributed by atoms with Gasteiger partial charge < -0.3 is 9.80 Å². The van der Waals surface area contributed by atoms with Crippen LogP contribution < -0.4 is 4.90 Å². The monoisotopic (exact) mass is 431 g/mol. The zero-order valence-corrected chi connectivity index (χ0v) is 17.3. The average molecular weight is 432 g/mol. The highest BCUT2D eigenvalue weighted by atomic mass is 35.5. The number of carbonyl (C=O) groups excluding carboxylic acids is 1. The summed E-state index contributed by atoms with van der Waals surface area (Å²) in [5.41, 5.74) is 1.22. The number of benzene rings is 1. The molecule has 0 spiro atoms. The van der Waals surface area contributed by atoms with Crippen molar-refractivity contribution in [3.8, 4) is 5.69 Å². The lowest BCUT2D eigenvalue weighted by atomic mass is 10.1. The standard InChI is InChI=1S/C19H19Cl2N7O/c1-13-6-9-26(17-15(20)12-22-19(21)25-17)10-11-27(13)18(29)14-4-2-3-5-16(14)28-23-7-8-24-28/h2-5,7-8,12-13H,6,9-11H2,1H3/t13-/m1/s1. The maximum absolute atomic E-state index is 13.4. The second kappa shape index (κ2) is 8.34. The summed E-state index contributed by atoms with van der Waals surface area (Å²) >= 11 is 12.2. The van der Waals surface area contributed by atoms with E-state index in [9.17, 15) is 4.79 Å². The van der Waals surface area contributed by atoms with Crippen molar-refractivity contribution in [2.24, 2.45) is 0 Å². The maximum Gasteiger partial charge on any atom is 0.256 e. The summed E-state index contributed by atoms with van der Waals surface area (Å²) in [5.74, 6) is 0.536. The molecule has 10 heteroatoms. The van der Waals surface area contributed by atoms with Gasteiger partial charge in [-0.1, -0.05) is 23.7 Å². The number of halogens is 2. The first-order valence-corrected chi connectivity index (χ1v) is 10.00. The number of hydrogen-bond acceptors (Lipinski definition) is 6. The molecule has 1 aromatic carbocycles. The molecule has 3 heterocycles. The molecule has 29 heavy (non-hydrogen) atoms. The minimum absolute atomic E-state index is 0.0437. The lowest BCUT2D eigenvalue weighted by Gasteiger charge is -2.27. The van der Waals surface area contributed by atoms with E-state index >= 15 is 0 Å². The van der Waals surface area contributed by atoms with Crippen LogP contribution in [0.2, 0.25) is 10.3 Å². The number of anilines is 1. The molecule has 1 amide bonds. The first kappa shape index (κ1) is 19.6. The Labute approximate surface area is 178 Å². The fraction of sp³-hybridized carbons (Fsp3) is 0.316. The third kappa shape index (κ3) is 4.04. The van der Waals surface area contributed by atoms with Gasteiger partial charge in [-0.15, -0.1) is 0 Å². The zero-order valence-electron chi connectivity index (χ0n) is 15.7. The van der Waals surface area contributed by atoms with Gasteiger partial charge in [0.05, 0.1) is 29.8 Å². The molecule has 0 aliphatic carbocycles. The molecule has 1 atom stereocenters. The lowest BCUT2D eigenvalue weighted by Crippen LogP contribution is -2.40. The van der Waals surface area contributed by atoms with Gasteiger partial charge in [-0.2, -0.15) is 20.0 Å². The molecular weight excluding hydrogens is 413 g/mol. The number of para-hydroxylation sites is 1. The van der Waals surface area contributed by atoms with Crippen molar-refractivity contribution in [1.82, 2.24) is 29.9 Å². The summed E-state index contributed by atoms with van der Waals surface area (Å²) in [6, 6.07) is 7.39. The van der Waals surface area contributed by atoms with E-state index in [1.54, 1.807) is 18.5 Å². The van der Waals surface area contributed by atoms with E-state index in [4.69, 9.17) is 23.2 Å². The van der Waals surface area contributed by atoms with Gasteiger partial charge in [-0.25, -0.2) is 4.98 Å². The molecule has 0 radical (unpaired) electrons. The van der Waals surface area contributed by atoms with Crippen molar-refractivity contribution in [3.63, 3.8) is 0 Å². The Morgan fingerprint density at radius 2 is 1.86 bits per heavy atom. The molecule has 0 unspecified atom stereocenters. The SMILES string of the molecule is C[C@@H]1CCN(c2nc(Cl)ncc2Cl)CCN1C(=O)c1ccccc1-n1nccn1. The zero-order chi connectivity index (χ0) is 20.4. The molecule has 150 valence electrons. The fourth-order valence-corrected chi connectivity index (χ4v) is 3.79. The summed E-state index contributed by atoms with van der Waals surface area (Å²) in [7, 11) is 0. The Kier molecular flexibility index (Phi) is 5.64. The third-order valence-electron chi connectivity index (χ3n) is 4.98. The topological polar surface area (TPSA) is 80.0 Å². The van der Waals surface area contributed by atoms with Gasteiger partial charge in [0, 0.05) is 25.7 Å². The van der Waals surface area contributed by atoms with E-state index < -0.39 is 0 Å². The van der Waals surface area contributed by atoms with Crippen molar-refractivity contribution in [2.45, 2.75) is 19.4 Å². The quantitative estimate of drug-likeness (QED) is 0.592. The van der Waals surface area contributed by atoms with Crippen molar-refractivity contribution in [2.75, 3.05) is 24.5 Å². The minimum atomic E-state index is -0.0564. The lowest BCUT2D eigenvalue weighted by molar-refractivity contribution is 0.0705. The molecule has 8 nitrogen and oxygen atoms in total. The Hall–Kier alpha value is -2.71. The van der Waals surface area contributed by atoms with Crippen LogP contribution >= 0.6 is 23.2 Å². The molecule has 4 rings (SSSR count). The molecule has 1 aliphatic heterocycles. The molecule has 0 saturated carbocycles. The van der Waals surface area contributed by atoms with E-state index in [1.165, 1.54) is 11.0 Å². The Morgan fingerprint density at radius 1 is 1.10 bits per heavy atom. The summed E-state index contributed by atoms with van der Waals surface area (Å²) in [4.78, 5) is 27.0. The van der Waals surface area contributed by atoms with Gasteiger partial charge in [0.1, 0.15) is 5.02 Å². The van der Waals surface area contributed by atoms with Gasteiger partial charge in [0.2, 0.25) is 5.28 Å². The molecule has 1 aliphatic rings. The highest BCUT2D eigenvalue weighted by molar-refractivity contribution is 6.33. The first-order chi connectivity index (χ1) is 14.0. The van der Waals surface area contributed by atoms with Crippen LogP contribution in [0.15, 0.2) is 42.9 Å². The van der Waals surface area contributed by atoms with Crippen LogP contribution in [0.25, 0.3) is 5.69 Å². The van der Waals surface area contributed by atoms with Crippen LogP contribution in [0.4, 0.5) is 5.82 Å². The maximum atomic E-state index is 13.4. The Bertz CT molecular complexity index is 1010. The van der Waals surface area contributed by atoms with E-state index in [1.807, 2.05) is 34.9 Å². The Morgan fingerprint density at radius 3 is 2.66 bits per heavy atom. The molecule has 2 aromatic heterocycles. The number of carbonyl (C=O) groups is 1. The van der Waals surface area contributed by atoms with E-state index in [0.717, 1.165) is 6.42 Å². The van der Waals surface area contributed by atoms with Crippen molar-refractivity contribution < 1.29 is 4.79 Å². The number of amides is 1. The van der Waals surface area contributed by atoms with Gasteiger partial charge >= 0.3 is 0 Å². The van der Waals surface area contributed by atoms with Gasteiger partial charge in [0.25, 0.3) is 5.91 Å². The van der Waals surface area contributed by atoms with E-state index in [0.29, 0.717) is 41.7 Å². The normalized spacial score (nSPS) is 17.3. The highest BCUT2D eigenvalue weighted by Gasteiger charge is 2.28. The number of rotatable bonds is 3. The largest absolute Gasteiger partial charge is 0.353 e. The second-order valence-electron chi connectivity index (χ2n) is 6.77. The summed E-state index contributed by atoms with van der Waals surface area (Å²) in [5, 5.41) is 8.92. The van der Waals surface area contributed by atoms with Crippen molar-refractivity contribution in [1.29, 1.82) is 0 Å². The predicted molar refractivity (Wildman–Crippen MR) is 111 cm³/mol. The smallest absolute Gasteiger partial charge is 0.256 e. The van der Waals surface area contributed by atoms with Crippen molar-refractivity contribution >= 4 is 34.9 Å². The van der Waals surface area contributed by atoms with E-state index in [-0.39, 0.29) is 17.2 Å². The minimum Gasteiger partial charge on any atom is -0.353 e. The number of aromatic nitrogens is 5.